The van der Waals surface area contributed by atoms with Crippen molar-refractivity contribution in [3.05, 3.63) is 29.3 Å². The van der Waals surface area contributed by atoms with Gasteiger partial charge >= 0.3 is 0 Å². The largest absolute Gasteiger partial charge is 0.359 e. The SMILES string of the molecule is Cc1ccc(C)c(S(=O)(=O)C2CNCCO2)c1. The van der Waals surface area contributed by atoms with Crippen LogP contribution in [0, 0.1) is 13.8 Å². The van der Waals surface area contributed by atoms with Crippen molar-refractivity contribution in [1.29, 1.82) is 0 Å². The Morgan fingerprint density at radius 3 is 2.76 bits per heavy atom. The molecular weight excluding hydrogens is 238 g/mol. The van der Waals surface area contributed by atoms with Gasteiger partial charge in [0.05, 0.1) is 11.5 Å². The number of hydrogen-bond donors (Lipinski definition) is 1. The molecule has 1 heterocycles. The fraction of sp³-hybridized carbons (Fsp3) is 0.500. The van der Waals surface area contributed by atoms with Crippen LogP contribution in [0.1, 0.15) is 11.1 Å². The van der Waals surface area contributed by atoms with Gasteiger partial charge in [-0.1, -0.05) is 12.1 Å². The van der Waals surface area contributed by atoms with Gasteiger partial charge in [-0.15, -0.1) is 0 Å². The Labute approximate surface area is 102 Å². The van der Waals surface area contributed by atoms with Crippen molar-refractivity contribution < 1.29 is 13.2 Å². The van der Waals surface area contributed by atoms with Crippen molar-refractivity contribution in [3.63, 3.8) is 0 Å². The third-order valence-corrected chi connectivity index (χ3v) is 4.94. The predicted octanol–water partition coefficient (Wildman–Crippen LogP) is 1.02. The molecule has 0 aliphatic carbocycles. The Hall–Kier alpha value is -0.910. The quantitative estimate of drug-likeness (QED) is 0.857. The molecule has 17 heavy (non-hydrogen) atoms. The number of morpholine rings is 1. The number of sulfone groups is 1. The smallest absolute Gasteiger partial charge is 0.206 e. The number of rotatable bonds is 2. The van der Waals surface area contributed by atoms with E-state index in [9.17, 15) is 8.42 Å². The van der Waals surface area contributed by atoms with Gasteiger partial charge in [-0.3, -0.25) is 0 Å². The van der Waals surface area contributed by atoms with Crippen LogP contribution in [0.15, 0.2) is 23.1 Å². The van der Waals surface area contributed by atoms with E-state index in [1.54, 1.807) is 6.07 Å². The molecule has 5 heteroatoms. The summed E-state index contributed by atoms with van der Waals surface area (Å²) in [5, 5.41) is 3.04. The van der Waals surface area contributed by atoms with E-state index >= 15 is 0 Å². The first kappa shape index (κ1) is 12.5. The second kappa shape index (κ2) is 4.76. The molecule has 1 aliphatic heterocycles. The number of nitrogens with one attached hydrogen (secondary N) is 1. The first-order valence-electron chi connectivity index (χ1n) is 5.65. The lowest BCUT2D eigenvalue weighted by Gasteiger charge is -2.24. The van der Waals surface area contributed by atoms with Crippen LogP contribution in [0.5, 0.6) is 0 Å². The molecule has 1 aromatic rings. The Morgan fingerprint density at radius 1 is 1.35 bits per heavy atom. The van der Waals surface area contributed by atoms with E-state index in [1.807, 2.05) is 26.0 Å². The molecule has 1 N–H and O–H groups in total. The van der Waals surface area contributed by atoms with Crippen molar-refractivity contribution in [2.75, 3.05) is 19.7 Å². The molecule has 0 aromatic heterocycles. The van der Waals surface area contributed by atoms with Gasteiger partial charge in [-0.2, -0.15) is 0 Å². The minimum Gasteiger partial charge on any atom is -0.359 e. The van der Waals surface area contributed by atoms with E-state index in [-0.39, 0.29) is 0 Å². The summed E-state index contributed by atoms with van der Waals surface area (Å²) >= 11 is 0. The molecule has 2 rings (SSSR count). The molecular formula is C12H17NO3S. The lowest BCUT2D eigenvalue weighted by Crippen LogP contribution is -2.43. The van der Waals surface area contributed by atoms with Crippen LogP contribution in [0.2, 0.25) is 0 Å². The van der Waals surface area contributed by atoms with E-state index in [0.717, 1.165) is 11.1 Å². The average Bonchev–Trinajstić information content (AvgIpc) is 2.33. The molecule has 4 nitrogen and oxygen atoms in total. The van der Waals surface area contributed by atoms with Crippen LogP contribution in [0.3, 0.4) is 0 Å². The summed E-state index contributed by atoms with van der Waals surface area (Å²) in [6.45, 7) is 5.20. The maximum atomic E-state index is 12.4. The summed E-state index contributed by atoms with van der Waals surface area (Å²) in [6.07, 6.45) is 0. The Bertz CT molecular complexity index is 504. The van der Waals surface area contributed by atoms with Crippen LogP contribution >= 0.6 is 0 Å². The molecule has 1 saturated heterocycles. The van der Waals surface area contributed by atoms with E-state index in [2.05, 4.69) is 5.32 Å². The zero-order chi connectivity index (χ0) is 12.5. The van der Waals surface area contributed by atoms with Crippen LogP contribution in [-0.2, 0) is 14.6 Å². The maximum absolute atomic E-state index is 12.4. The van der Waals surface area contributed by atoms with Gasteiger partial charge in [0.25, 0.3) is 0 Å². The zero-order valence-electron chi connectivity index (χ0n) is 10.1. The molecule has 1 unspecified atom stereocenters. The fourth-order valence-electron chi connectivity index (χ4n) is 1.90. The molecule has 0 amide bonds. The summed E-state index contributed by atoms with van der Waals surface area (Å²) in [5.74, 6) is 0. The highest BCUT2D eigenvalue weighted by molar-refractivity contribution is 7.92. The molecule has 0 bridgehead atoms. The first-order valence-corrected chi connectivity index (χ1v) is 7.20. The fourth-order valence-corrected chi connectivity index (χ4v) is 3.66. The molecule has 94 valence electrons. The Morgan fingerprint density at radius 2 is 2.12 bits per heavy atom. The van der Waals surface area contributed by atoms with E-state index in [4.69, 9.17) is 4.74 Å². The van der Waals surface area contributed by atoms with Crippen LogP contribution in [0.4, 0.5) is 0 Å². The van der Waals surface area contributed by atoms with Gasteiger partial charge in [0.1, 0.15) is 0 Å². The summed E-state index contributed by atoms with van der Waals surface area (Å²) in [7, 11) is -3.40. The zero-order valence-corrected chi connectivity index (χ0v) is 10.9. The van der Waals surface area contributed by atoms with Gasteiger partial charge in [0, 0.05) is 13.1 Å². The lowest BCUT2D eigenvalue weighted by atomic mass is 10.2. The summed E-state index contributed by atoms with van der Waals surface area (Å²) < 4.78 is 30.1. The molecule has 1 atom stereocenters. The number of hydrogen-bond acceptors (Lipinski definition) is 4. The average molecular weight is 255 g/mol. The van der Waals surface area contributed by atoms with Crippen LogP contribution < -0.4 is 5.32 Å². The number of aryl methyl sites for hydroxylation is 2. The van der Waals surface area contributed by atoms with E-state index < -0.39 is 15.3 Å². The first-order chi connectivity index (χ1) is 8.01. The number of ether oxygens (including phenoxy) is 1. The molecule has 0 saturated carbocycles. The topological polar surface area (TPSA) is 55.4 Å². The van der Waals surface area contributed by atoms with Crippen molar-refractivity contribution in [3.8, 4) is 0 Å². The summed E-state index contributed by atoms with van der Waals surface area (Å²) in [4.78, 5) is 0.381. The van der Waals surface area contributed by atoms with Crippen LogP contribution in [-0.4, -0.2) is 33.6 Å². The number of benzene rings is 1. The third kappa shape index (κ3) is 2.51. The van der Waals surface area contributed by atoms with Gasteiger partial charge in [0.15, 0.2) is 5.44 Å². The molecule has 0 spiro atoms. The monoisotopic (exact) mass is 255 g/mol. The predicted molar refractivity (Wildman–Crippen MR) is 65.7 cm³/mol. The standard InChI is InChI=1S/C12H17NO3S/c1-9-3-4-10(2)11(7-9)17(14,15)12-8-13-5-6-16-12/h3-4,7,12-13H,5-6,8H2,1-2H3. The van der Waals surface area contributed by atoms with Crippen molar-refractivity contribution >= 4 is 9.84 Å². The van der Waals surface area contributed by atoms with E-state index in [1.165, 1.54) is 0 Å². The molecule has 0 radical (unpaired) electrons. The van der Waals surface area contributed by atoms with Crippen molar-refractivity contribution in [1.82, 2.24) is 5.32 Å². The third-order valence-electron chi connectivity index (χ3n) is 2.89. The minimum absolute atomic E-state index is 0.357. The second-order valence-corrected chi connectivity index (χ2v) is 6.37. The normalized spacial score (nSPS) is 21.4. The minimum atomic E-state index is -3.40. The van der Waals surface area contributed by atoms with Gasteiger partial charge in [-0.25, -0.2) is 8.42 Å². The van der Waals surface area contributed by atoms with E-state index in [0.29, 0.717) is 24.6 Å². The molecule has 1 aromatic carbocycles. The van der Waals surface area contributed by atoms with Crippen molar-refractivity contribution in [2.45, 2.75) is 24.2 Å². The highest BCUT2D eigenvalue weighted by atomic mass is 32.2. The highest BCUT2D eigenvalue weighted by Crippen LogP contribution is 2.22. The Kier molecular flexibility index (Phi) is 3.51. The Balaban J connectivity index is 2.40. The van der Waals surface area contributed by atoms with Crippen LogP contribution in [0.25, 0.3) is 0 Å². The summed E-state index contributed by atoms with van der Waals surface area (Å²) in [6, 6.07) is 5.45. The van der Waals surface area contributed by atoms with Gasteiger partial charge in [-0.05, 0) is 31.0 Å². The second-order valence-electron chi connectivity index (χ2n) is 4.32. The maximum Gasteiger partial charge on any atom is 0.206 e. The van der Waals surface area contributed by atoms with Gasteiger partial charge < -0.3 is 10.1 Å². The molecule has 1 aliphatic rings. The van der Waals surface area contributed by atoms with Gasteiger partial charge in [0.2, 0.25) is 9.84 Å². The van der Waals surface area contributed by atoms with Crippen molar-refractivity contribution in [2.24, 2.45) is 0 Å². The molecule has 1 fully saturated rings. The summed E-state index contributed by atoms with van der Waals surface area (Å²) in [5.41, 5.74) is 0.944. The lowest BCUT2D eigenvalue weighted by molar-refractivity contribution is 0.0784. The highest BCUT2D eigenvalue weighted by Gasteiger charge is 2.31.